The van der Waals surface area contributed by atoms with Crippen molar-refractivity contribution in [3.63, 3.8) is 0 Å². The molecule has 29 heavy (non-hydrogen) atoms. The van der Waals surface area contributed by atoms with Gasteiger partial charge in [0, 0.05) is 30.7 Å². The SMILES string of the molecule is CN(Cc1c(F)cccc1Cl)C(=O)COC(=O)CCn1c(=O)oc2ccccc21. The molecule has 0 spiro atoms. The van der Waals surface area contributed by atoms with Crippen molar-refractivity contribution >= 4 is 34.6 Å². The Kier molecular flexibility index (Phi) is 6.33. The lowest BCUT2D eigenvalue weighted by Gasteiger charge is -2.18. The molecular formula is C20H18ClFN2O5. The third-order valence-electron chi connectivity index (χ3n) is 4.35. The Hall–Kier alpha value is -3.13. The molecular weight excluding hydrogens is 403 g/mol. The van der Waals surface area contributed by atoms with E-state index in [9.17, 15) is 18.8 Å². The van der Waals surface area contributed by atoms with Gasteiger partial charge in [0.1, 0.15) is 5.82 Å². The highest BCUT2D eigenvalue weighted by molar-refractivity contribution is 6.31. The van der Waals surface area contributed by atoms with Crippen molar-refractivity contribution in [3.8, 4) is 0 Å². The zero-order valence-electron chi connectivity index (χ0n) is 15.6. The van der Waals surface area contributed by atoms with E-state index in [-0.39, 0.29) is 30.1 Å². The number of oxazole rings is 1. The minimum absolute atomic E-state index is 0.0572. The van der Waals surface area contributed by atoms with Crippen LogP contribution in [-0.2, 0) is 27.4 Å². The highest BCUT2D eigenvalue weighted by Crippen LogP contribution is 2.20. The molecule has 1 heterocycles. The number of benzene rings is 2. The van der Waals surface area contributed by atoms with Gasteiger partial charge in [0.25, 0.3) is 5.91 Å². The second-order valence-corrected chi connectivity index (χ2v) is 6.76. The third kappa shape index (κ3) is 4.83. The fourth-order valence-electron chi connectivity index (χ4n) is 2.76. The van der Waals surface area contributed by atoms with Crippen molar-refractivity contribution in [3.05, 3.63) is 69.4 Å². The average Bonchev–Trinajstić information content (AvgIpc) is 3.02. The van der Waals surface area contributed by atoms with Crippen molar-refractivity contribution in [1.29, 1.82) is 0 Å². The van der Waals surface area contributed by atoms with E-state index in [2.05, 4.69) is 0 Å². The number of esters is 1. The van der Waals surface area contributed by atoms with Gasteiger partial charge in [0.15, 0.2) is 12.2 Å². The van der Waals surface area contributed by atoms with Crippen LogP contribution < -0.4 is 5.76 Å². The summed E-state index contributed by atoms with van der Waals surface area (Å²) in [4.78, 5) is 37.2. The Morgan fingerprint density at radius 1 is 1.21 bits per heavy atom. The third-order valence-corrected chi connectivity index (χ3v) is 4.71. The van der Waals surface area contributed by atoms with E-state index in [1.807, 2.05) is 0 Å². The highest BCUT2D eigenvalue weighted by atomic mass is 35.5. The molecule has 3 aromatic rings. The molecule has 1 aromatic heterocycles. The number of ether oxygens (including phenoxy) is 1. The lowest BCUT2D eigenvalue weighted by molar-refractivity contribution is -0.151. The number of likely N-dealkylation sites (N-methyl/N-ethyl adjacent to an activating group) is 1. The molecule has 0 atom stereocenters. The second-order valence-electron chi connectivity index (χ2n) is 6.35. The number of aromatic nitrogens is 1. The molecule has 0 saturated heterocycles. The number of amides is 1. The molecule has 0 aliphatic rings. The van der Waals surface area contributed by atoms with Gasteiger partial charge in [-0.05, 0) is 24.3 Å². The molecule has 152 valence electrons. The molecule has 0 unspecified atom stereocenters. The molecule has 0 bridgehead atoms. The topological polar surface area (TPSA) is 81.8 Å². The predicted octanol–water partition coefficient (Wildman–Crippen LogP) is 2.98. The molecule has 2 aromatic carbocycles. The smallest absolute Gasteiger partial charge is 0.419 e. The van der Waals surface area contributed by atoms with Crippen molar-refractivity contribution in [2.45, 2.75) is 19.5 Å². The number of halogens is 2. The minimum atomic E-state index is -0.646. The average molecular weight is 421 g/mol. The van der Waals surface area contributed by atoms with Gasteiger partial charge in [0.05, 0.1) is 11.9 Å². The summed E-state index contributed by atoms with van der Waals surface area (Å²) >= 11 is 5.95. The fraction of sp³-hybridized carbons (Fsp3) is 0.250. The highest BCUT2D eigenvalue weighted by Gasteiger charge is 2.17. The number of hydrogen-bond donors (Lipinski definition) is 0. The van der Waals surface area contributed by atoms with Crippen molar-refractivity contribution in [2.75, 3.05) is 13.7 Å². The lowest BCUT2D eigenvalue weighted by Crippen LogP contribution is -2.31. The van der Waals surface area contributed by atoms with Gasteiger partial charge in [-0.1, -0.05) is 29.8 Å². The van der Waals surface area contributed by atoms with Gasteiger partial charge >= 0.3 is 11.7 Å². The van der Waals surface area contributed by atoms with Gasteiger partial charge in [-0.15, -0.1) is 0 Å². The Balaban J connectivity index is 1.51. The first-order chi connectivity index (χ1) is 13.9. The number of para-hydroxylation sites is 2. The number of aryl methyl sites for hydroxylation is 1. The van der Waals surface area contributed by atoms with E-state index in [1.54, 1.807) is 24.3 Å². The predicted molar refractivity (Wildman–Crippen MR) is 104 cm³/mol. The van der Waals surface area contributed by atoms with E-state index in [1.165, 1.54) is 34.7 Å². The summed E-state index contributed by atoms with van der Waals surface area (Å²) in [7, 11) is 1.45. The van der Waals surface area contributed by atoms with Crippen molar-refractivity contribution in [2.24, 2.45) is 0 Å². The van der Waals surface area contributed by atoms with Crippen LogP contribution in [0.2, 0.25) is 5.02 Å². The number of fused-ring (bicyclic) bond motifs is 1. The molecule has 3 rings (SSSR count). The minimum Gasteiger partial charge on any atom is -0.456 e. The number of rotatable bonds is 7. The van der Waals surface area contributed by atoms with Crippen LogP contribution in [0.25, 0.3) is 11.1 Å². The lowest BCUT2D eigenvalue weighted by atomic mass is 10.2. The van der Waals surface area contributed by atoms with E-state index < -0.39 is 30.1 Å². The van der Waals surface area contributed by atoms with Crippen molar-refractivity contribution in [1.82, 2.24) is 9.47 Å². The molecule has 7 nitrogen and oxygen atoms in total. The summed E-state index contributed by atoms with van der Waals surface area (Å²) in [5, 5.41) is 0.208. The molecule has 0 N–H and O–H groups in total. The number of nitrogens with zero attached hydrogens (tertiary/aromatic N) is 2. The Morgan fingerprint density at radius 2 is 1.97 bits per heavy atom. The van der Waals surface area contributed by atoms with Crippen LogP contribution in [0.5, 0.6) is 0 Å². The van der Waals surface area contributed by atoms with Gasteiger partial charge in [-0.3, -0.25) is 14.2 Å². The standard InChI is InChI=1S/C20H18ClFN2O5/c1-23(11-13-14(21)5-4-6-15(13)22)18(25)12-28-19(26)9-10-24-16-7-2-3-8-17(16)29-20(24)27/h2-8H,9-12H2,1H3. The van der Waals surface area contributed by atoms with E-state index in [0.717, 1.165) is 0 Å². The monoisotopic (exact) mass is 420 g/mol. The molecule has 0 fully saturated rings. The van der Waals surface area contributed by atoms with Crippen molar-refractivity contribution < 1.29 is 23.1 Å². The molecule has 1 amide bonds. The summed E-state index contributed by atoms with van der Waals surface area (Å²) in [6.45, 7) is -0.496. The van der Waals surface area contributed by atoms with Gasteiger partial charge in [0.2, 0.25) is 0 Å². The van der Waals surface area contributed by atoms with E-state index in [4.69, 9.17) is 20.8 Å². The molecule has 0 radical (unpaired) electrons. The summed E-state index contributed by atoms with van der Waals surface area (Å²) in [6, 6.07) is 11.1. The molecule has 9 heteroatoms. The maximum Gasteiger partial charge on any atom is 0.419 e. The van der Waals surface area contributed by atoms with E-state index in [0.29, 0.717) is 11.1 Å². The zero-order valence-corrected chi connectivity index (χ0v) is 16.3. The first-order valence-electron chi connectivity index (χ1n) is 8.77. The Bertz CT molecular complexity index is 1090. The summed E-state index contributed by atoms with van der Waals surface area (Å²) in [5.41, 5.74) is 1.18. The van der Waals surface area contributed by atoms with Crippen LogP contribution in [0, 0.1) is 5.82 Å². The van der Waals surface area contributed by atoms with Crippen LogP contribution in [0.15, 0.2) is 51.7 Å². The van der Waals surface area contributed by atoms with Crippen LogP contribution in [0.3, 0.4) is 0 Å². The molecule has 0 aliphatic carbocycles. The van der Waals surface area contributed by atoms with Crippen LogP contribution in [0.4, 0.5) is 4.39 Å². The van der Waals surface area contributed by atoms with Crippen LogP contribution in [-0.4, -0.2) is 35.0 Å². The zero-order chi connectivity index (χ0) is 21.0. The number of hydrogen-bond acceptors (Lipinski definition) is 5. The second kappa shape index (κ2) is 8.91. The summed E-state index contributed by atoms with van der Waals surface area (Å²) < 4.78 is 25.2. The molecule has 0 saturated carbocycles. The first-order valence-corrected chi connectivity index (χ1v) is 9.15. The molecule has 0 aliphatic heterocycles. The largest absolute Gasteiger partial charge is 0.456 e. The Morgan fingerprint density at radius 3 is 2.72 bits per heavy atom. The quantitative estimate of drug-likeness (QED) is 0.549. The number of carbonyl (C=O) groups excluding carboxylic acids is 2. The van der Waals surface area contributed by atoms with Crippen LogP contribution in [0.1, 0.15) is 12.0 Å². The van der Waals surface area contributed by atoms with Gasteiger partial charge in [-0.25, -0.2) is 9.18 Å². The Labute approximate surface area is 170 Å². The summed E-state index contributed by atoms with van der Waals surface area (Å²) in [5.74, 6) is -2.25. The maximum atomic E-state index is 13.8. The maximum absolute atomic E-state index is 13.8. The normalized spacial score (nSPS) is 10.9. The fourth-order valence-corrected chi connectivity index (χ4v) is 2.98. The van der Waals surface area contributed by atoms with Gasteiger partial charge in [-0.2, -0.15) is 0 Å². The first kappa shape index (κ1) is 20.6. The number of carbonyl (C=O) groups is 2. The summed E-state index contributed by atoms with van der Waals surface area (Å²) in [6.07, 6.45) is -0.112. The van der Waals surface area contributed by atoms with Gasteiger partial charge < -0.3 is 14.1 Å². The van der Waals surface area contributed by atoms with E-state index >= 15 is 0 Å². The van der Waals surface area contributed by atoms with Crippen LogP contribution >= 0.6 is 11.6 Å².